The molecule has 7 heteroatoms. The fraction of sp³-hybridized carbons (Fsp3) is 0.762. The number of guanidine groups is 1. The Balaban J connectivity index is 0.00000280. The zero-order valence-corrected chi connectivity index (χ0v) is 20.0. The minimum absolute atomic E-state index is 0. The lowest BCUT2D eigenvalue weighted by Gasteiger charge is -2.33. The van der Waals surface area contributed by atoms with Crippen LogP contribution in [0.15, 0.2) is 27.8 Å². The second-order valence-corrected chi connectivity index (χ2v) is 8.10. The number of nitrogens with one attached hydrogen (secondary N) is 2. The van der Waals surface area contributed by atoms with Crippen LogP contribution in [0.2, 0.25) is 0 Å². The lowest BCUT2D eigenvalue weighted by Crippen LogP contribution is -2.45. The van der Waals surface area contributed by atoms with Crippen LogP contribution in [0.1, 0.15) is 50.8 Å². The fourth-order valence-corrected chi connectivity index (χ4v) is 4.06. The molecule has 0 spiro atoms. The summed E-state index contributed by atoms with van der Waals surface area (Å²) >= 11 is 0. The van der Waals surface area contributed by atoms with Gasteiger partial charge in [-0.3, -0.25) is 9.89 Å². The van der Waals surface area contributed by atoms with E-state index in [1.165, 1.54) is 32.1 Å². The highest BCUT2D eigenvalue weighted by atomic mass is 127. The summed E-state index contributed by atoms with van der Waals surface area (Å²) < 4.78 is 5.76. The Labute approximate surface area is 187 Å². The van der Waals surface area contributed by atoms with E-state index in [-0.39, 0.29) is 30.0 Å². The van der Waals surface area contributed by atoms with Crippen LogP contribution in [0.3, 0.4) is 0 Å². The number of likely N-dealkylation sites (tertiary alicyclic amines) is 1. The number of piperidine rings is 1. The highest BCUT2D eigenvalue weighted by Crippen LogP contribution is 2.34. The van der Waals surface area contributed by atoms with Gasteiger partial charge in [-0.1, -0.05) is 6.42 Å². The molecule has 1 saturated carbocycles. The molecule has 1 saturated heterocycles. The van der Waals surface area contributed by atoms with Crippen molar-refractivity contribution in [1.29, 1.82) is 0 Å². The van der Waals surface area contributed by atoms with Crippen LogP contribution in [0.4, 0.5) is 0 Å². The minimum atomic E-state index is 0. The van der Waals surface area contributed by atoms with E-state index in [0.717, 1.165) is 50.4 Å². The first kappa shape index (κ1) is 23.5. The maximum Gasteiger partial charge on any atom is 0.191 e. The van der Waals surface area contributed by atoms with Crippen LogP contribution >= 0.6 is 24.0 Å². The zero-order chi connectivity index (χ0) is 19.1. The van der Waals surface area contributed by atoms with Crippen molar-refractivity contribution < 1.29 is 4.42 Å². The Bertz CT molecular complexity index is 565. The molecule has 3 rings (SSSR count). The van der Waals surface area contributed by atoms with Gasteiger partial charge < -0.3 is 20.0 Å². The van der Waals surface area contributed by atoms with Crippen LogP contribution in [0.5, 0.6) is 0 Å². The van der Waals surface area contributed by atoms with Crippen LogP contribution in [0.25, 0.3) is 0 Å². The smallest absolute Gasteiger partial charge is 0.191 e. The third-order valence-corrected chi connectivity index (χ3v) is 5.78. The van der Waals surface area contributed by atoms with Crippen molar-refractivity contribution in [3.05, 3.63) is 24.2 Å². The van der Waals surface area contributed by atoms with Gasteiger partial charge in [0.2, 0.25) is 0 Å². The molecule has 0 aromatic carbocycles. The van der Waals surface area contributed by atoms with Crippen LogP contribution in [-0.2, 0) is 0 Å². The number of rotatable bonds is 9. The van der Waals surface area contributed by atoms with Crippen molar-refractivity contribution in [2.75, 3.05) is 46.8 Å². The molecule has 2 unspecified atom stereocenters. The lowest BCUT2D eigenvalue weighted by atomic mass is 10.1. The third kappa shape index (κ3) is 6.91. The van der Waals surface area contributed by atoms with Crippen molar-refractivity contribution in [1.82, 2.24) is 20.4 Å². The van der Waals surface area contributed by atoms with E-state index in [1.807, 2.05) is 6.07 Å². The van der Waals surface area contributed by atoms with E-state index >= 15 is 0 Å². The molecule has 160 valence electrons. The highest BCUT2D eigenvalue weighted by molar-refractivity contribution is 14.0. The van der Waals surface area contributed by atoms with Gasteiger partial charge in [0.05, 0.1) is 18.8 Å². The average molecular weight is 503 g/mol. The van der Waals surface area contributed by atoms with Gasteiger partial charge in [-0.25, -0.2) is 0 Å². The molecule has 1 aliphatic carbocycles. The van der Waals surface area contributed by atoms with Crippen molar-refractivity contribution >= 4 is 29.9 Å². The first-order chi connectivity index (χ1) is 13.2. The molecule has 1 aromatic heterocycles. The van der Waals surface area contributed by atoms with Gasteiger partial charge in [-0.2, -0.15) is 0 Å². The maximum atomic E-state index is 5.76. The number of hydrogen-bond donors (Lipinski definition) is 2. The monoisotopic (exact) mass is 503 g/mol. The molecule has 1 aliphatic heterocycles. The van der Waals surface area contributed by atoms with Gasteiger partial charge >= 0.3 is 0 Å². The zero-order valence-electron chi connectivity index (χ0n) is 17.7. The summed E-state index contributed by atoms with van der Waals surface area (Å²) in [6.07, 6.45) is 8.36. The van der Waals surface area contributed by atoms with Crippen LogP contribution in [-0.4, -0.2) is 68.6 Å². The van der Waals surface area contributed by atoms with Gasteiger partial charge in [0.25, 0.3) is 0 Å². The summed E-state index contributed by atoms with van der Waals surface area (Å²) in [4.78, 5) is 9.77. The van der Waals surface area contributed by atoms with Crippen molar-refractivity contribution in [3.8, 4) is 0 Å². The molecule has 2 N–H and O–H groups in total. The van der Waals surface area contributed by atoms with E-state index in [4.69, 9.17) is 9.41 Å². The van der Waals surface area contributed by atoms with E-state index in [0.29, 0.717) is 6.04 Å². The SMILES string of the molecule is CCNC(=NCC(C1CC1)N(C)C)NCC(c1ccco1)N1CCCCC1.I. The maximum absolute atomic E-state index is 5.76. The van der Waals surface area contributed by atoms with E-state index in [1.54, 1.807) is 6.26 Å². The molecule has 0 bridgehead atoms. The summed E-state index contributed by atoms with van der Waals surface area (Å²) in [5, 5.41) is 6.99. The first-order valence-corrected chi connectivity index (χ1v) is 10.6. The summed E-state index contributed by atoms with van der Waals surface area (Å²) in [6.45, 7) is 6.95. The van der Waals surface area contributed by atoms with Gasteiger partial charge in [0.1, 0.15) is 5.76 Å². The Morgan fingerprint density at radius 3 is 2.57 bits per heavy atom. The largest absolute Gasteiger partial charge is 0.468 e. The number of nitrogens with zero attached hydrogens (tertiary/aromatic N) is 3. The predicted octanol–water partition coefficient (Wildman–Crippen LogP) is 3.32. The average Bonchev–Trinajstić information content (AvgIpc) is 3.36. The second-order valence-electron chi connectivity index (χ2n) is 8.10. The Hall–Kier alpha value is -0.800. The molecule has 6 nitrogen and oxygen atoms in total. The predicted molar refractivity (Wildman–Crippen MR) is 126 cm³/mol. The van der Waals surface area contributed by atoms with Crippen LogP contribution < -0.4 is 10.6 Å². The summed E-state index contributed by atoms with van der Waals surface area (Å²) in [6, 6.07) is 4.89. The Kier molecular flexibility index (Phi) is 10.1. The molecular formula is C21H38IN5O. The fourth-order valence-electron chi connectivity index (χ4n) is 4.06. The van der Waals surface area contributed by atoms with E-state index < -0.39 is 0 Å². The molecule has 2 heterocycles. The number of hydrogen-bond acceptors (Lipinski definition) is 4. The van der Waals surface area contributed by atoms with Gasteiger partial charge in [-0.05, 0) is 77.8 Å². The standard InChI is InChI=1S/C21H37N5O.HI/c1-4-22-21(23-15-18(25(2)3)17-10-11-17)24-16-19(20-9-8-14-27-20)26-12-6-5-7-13-26;/h8-9,14,17-19H,4-7,10-13,15-16H2,1-3H3,(H2,22,23,24);1H. The molecule has 0 radical (unpaired) electrons. The summed E-state index contributed by atoms with van der Waals surface area (Å²) in [5.41, 5.74) is 0. The number of likely N-dealkylation sites (N-methyl/N-ethyl adjacent to an activating group) is 1. The van der Waals surface area contributed by atoms with E-state index in [2.05, 4.69) is 47.5 Å². The Morgan fingerprint density at radius 1 is 1.25 bits per heavy atom. The molecule has 2 aliphatic rings. The summed E-state index contributed by atoms with van der Waals surface area (Å²) in [5.74, 6) is 2.78. The second kappa shape index (κ2) is 12.0. The number of furan rings is 1. The number of aliphatic imine (C=N–C) groups is 1. The van der Waals surface area contributed by atoms with Gasteiger partial charge in [-0.15, -0.1) is 24.0 Å². The van der Waals surface area contributed by atoms with Gasteiger partial charge in [0.15, 0.2) is 5.96 Å². The Morgan fingerprint density at radius 2 is 2.00 bits per heavy atom. The topological polar surface area (TPSA) is 56.0 Å². The molecule has 1 aromatic rings. The first-order valence-electron chi connectivity index (χ1n) is 10.6. The molecule has 2 fully saturated rings. The quantitative estimate of drug-likeness (QED) is 0.308. The highest BCUT2D eigenvalue weighted by Gasteiger charge is 2.32. The molecule has 28 heavy (non-hydrogen) atoms. The molecule has 0 amide bonds. The van der Waals surface area contributed by atoms with E-state index in [9.17, 15) is 0 Å². The van der Waals surface area contributed by atoms with Crippen LogP contribution in [0, 0.1) is 5.92 Å². The normalized spacial score (nSPS) is 20.5. The molecular weight excluding hydrogens is 465 g/mol. The lowest BCUT2D eigenvalue weighted by molar-refractivity contribution is 0.146. The minimum Gasteiger partial charge on any atom is -0.468 e. The van der Waals surface area contributed by atoms with Crippen molar-refractivity contribution in [2.24, 2.45) is 10.9 Å². The van der Waals surface area contributed by atoms with Crippen molar-refractivity contribution in [3.63, 3.8) is 0 Å². The molecule has 2 atom stereocenters. The third-order valence-electron chi connectivity index (χ3n) is 5.78. The van der Waals surface area contributed by atoms with Crippen molar-refractivity contribution in [2.45, 2.75) is 51.1 Å². The number of halogens is 1. The summed E-state index contributed by atoms with van der Waals surface area (Å²) in [7, 11) is 4.34. The van der Waals surface area contributed by atoms with Gasteiger partial charge in [0, 0.05) is 19.1 Å².